The van der Waals surface area contributed by atoms with E-state index in [4.69, 9.17) is 0 Å². The largest absolute Gasteiger partial charge is 0.331 e. The molecule has 138 valence electrons. The van der Waals surface area contributed by atoms with Crippen molar-refractivity contribution >= 4 is 5.78 Å². The normalized spacial score (nSPS) is 11.8. The van der Waals surface area contributed by atoms with Crippen molar-refractivity contribution in [2.45, 2.75) is 103 Å². The Balaban J connectivity index is 3.19. The molecular weight excluding hydrogens is 282 g/mol. The summed E-state index contributed by atoms with van der Waals surface area (Å²) in [4.78, 5) is 11.8. The average molecular weight is 327 g/mol. The summed E-state index contributed by atoms with van der Waals surface area (Å²) in [6, 6.07) is 0. The monoisotopic (exact) mass is 326 g/mol. The number of hydrogen-bond donors (Lipinski definition) is 0. The first-order valence-corrected chi connectivity index (χ1v) is 10.3. The van der Waals surface area contributed by atoms with Crippen molar-refractivity contribution in [1.82, 2.24) is 0 Å². The van der Waals surface area contributed by atoms with Crippen LogP contribution in [0.3, 0.4) is 0 Å². The molecule has 0 N–H and O–H groups in total. The second-order valence-electron chi connectivity index (χ2n) is 8.30. The molecule has 2 nitrogen and oxygen atoms in total. The molecule has 23 heavy (non-hydrogen) atoms. The maximum atomic E-state index is 11.8. The Bertz CT molecular complexity index is 268. The van der Waals surface area contributed by atoms with Gasteiger partial charge in [0.05, 0.1) is 27.7 Å². The van der Waals surface area contributed by atoms with Crippen LogP contribution in [0.5, 0.6) is 0 Å². The van der Waals surface area contributed by atoms with E-state index in [0.29, 0.717) is 5.78 Å². The SMILES string of the molecule is CCCCCCCCCCCCCCC(=O)CCC[N+](C)(C)C. The van der Waals surface area contributed by atoms with Gasteiger partial charge in [0.25, 0.3) is 0 Å². The van der Waals surface area contributed by atoms with Crippen molar-refractivity contribution in [3.05, 3.63) is 0 Å². The summed E-state index contributed by atoms with van der Waals surface area (Å²) in [6.45, 7) is 3.38. The zero-order valence-electron chi connectivity index (χ0n) is 16.7. The van der Waals surface area contributed by atoms with Gasteiger partial charge < -0.3 is 4.48 Å². The molecule has 0 aliphatic rings. The molecule has 0 atom stereocenters. The molecule has 0 amide bonds. The van der Waals surface area contributed by atoms with Crippen molar-refractivity contribution in [2.75, 3.05) is 27.7 Å². The lowest BCUT2D eigenvalue weighted by atomic mass is 10.0. The number of quaternary nitrogens is 1. The van der Waals surface area contributed by atoms with Gasteiger partial charge in [0.2, 0.25) is 0 Å². The molecule has 0 aromatic rings. The van der Waals surface area contributed by atoms with Gasteiger partial charge in [-0.05, 0) is 6.42 Å². The van der Waals surface area contributed by atoms with Gasteiger partial charge in [-0.1, -0.05) is 77.6 Å². The van der Waals surface area contributed by atoms with Crippen LogP contribution < -0.4 is 0 Å². The van der Waals surface area contributed by atoms with E-state index >= 15 is 0 Å². The molecule has 0 fully saturated rings. The predicted octanol–water partition coefficient (Wildman–Crippen LogP) is 6.13. The summed E-state index contributed by atoms with van der Waals surface area (Å²) in [6.07, 6.45) is 19.0. The van der Waals surface area contributed by atoms with Gasteiger partial charge in [-0.25, -0.2) is 0 Å². The lowest BCUT2D eigenvalue weighted by molar-refractivity contribution is -0.870. The first kappa shape index (κ1) is 22.6. The summed E-state index contributed by atoms with van der Waals surface area (Å²) in [7, 11) is 6.57. The molecular formula is C21H44NO+. The molecule has 0 aromatic heterocycles. The zero-order chi connectivity index (χ0) is 17.4. The lowest BCUT2D eigenvalue weighted by Crippen LogP contribution is -2.35. The van der Waals surface area contributed by atoms with Crippen LogP contribution in [0.4, 0.5) is 0 Å². The molecule has 0 spiro atoms. The van der Waals surface area contributed by atoms with Gasteiger partial charge in [-0.15, -0.1) is 0 Å². The fourth-order valence-corrected chi connectivity index (χ4v) is 3.04. The third-order valence-electron chi connectivity index (χ3n) is 4.59. The fraction of sp³-hybridized carbons (Fsp3) is 0.952. The lowest BCUT2D eigenvalue weighted by Gasteiger charge is -2.23. The Labute approximate surface area is 146 Å². The number of ketones is 1. The number of nitrogens with zero attached hydrogens (tertiary/aromatic N) is 1. The van der Waals surface area contributed by atoms with Gasteiger partial charge in [0.15, 0.2) is 0 Å². The van der Waals surface area contributed by atoms with Crippen LogP contribution in [0.25, 0.3) is 0 Å². The molecule has 0 saturated heterocycles. The summed E-state index contributed by atoms with van der Waals surface area (Å²) in [5.41, 5.74) is 0. The predicted molar refractivity (Wildman–Crippen MR) is 103 cm³/mol. The molecule has 0 radical (unpaired) electrons. The number of rotatable bonds is 17. The molecule has 0 aliphatic carbocycles. The minimum Gasteiger partial charge on any atom is -0.331 e. The number of carbonyl (C=O) groups excluding carboxylic acids is 1. The number of Topliss-reactive ketones (excluding diaryl/α,β-unsaturated/α-hetero) is 1. The Morgan fingerprint density at radius 2 is 1.00 bits per heavy atom. The van der Waals surface area contributed by atoms with Crippen LogP contribution in [-0.4, -0.2) is 38.0 Å². The number of carbonyl (C=O) groups is 1. The maximum Gasteiger partial charge on any atom is 0.133 e. The summed E-state index contributed by atoms with van der Waals surface area (Å²) in [5, 5.41) is 0. The Morgan fingerprint density at radius 3 is 1.43 bits per heavy atom. The third-order valence-corrected chi connectivity index (χ3v) is 4.59. The smallest absolute Gasteiger partial charge is 0.133 e. The first-order valence-electron chi connectivity index (χ1n) is 10.3. The van der Waals surface area contributed by atoms with Crippen LogP contribution in [0.1, 0.15) is 103 Å². The van der Waals surface area contributed by atoms with Crippen LogP contribution >= 0.6 is 0 Å². The summed E-state index contributed by atoms with van der Waals surface area (Å²) in [5.74, 6) is 0.477. The topological polar surface area (TPSA) is 17.1 Å². The highest BCUT2D eigenvalue weighted by molar-refractivity contribution is 5.78. The van der Waals surface area contributed by atoms with Crippen molar-refractivity contribution in [3.8, 4) is 0 Å². The van der Waals surface area contributed by atoms with Gasteiger partial charge in [0, 0.05) is 19.3 Å². The standard InChI is InChI=1S/C21H44NO/c1-5-6-7-8-9-10-11-12-13-14-15-16-18-21(23)19-17-20-22(2,3)4/h5-20H2,1-4H3/q+1. The van der Waals surface area contributed by atoms with Crippen LogP contribution in [0.15, 0.2) is 0 Å². The maximum absolute atomic E-state index is 11.8. The molecule has 0 aliphatic heterocycles. The molecule has 0 bridgehead atoms. The van der Waals surface area contributed by atoms with Gasteiger partial charge in [-0.3, -0.25) is 4.79 Å². The highest BCUT2D eigenvalue weighted by Gasteiger charge is 2.08. The van der Waals surface area contributed by atoms with Gasteiger partial charge in [-0.2, -0.15) is 0 Å². The fourth-order valence-electron chi connectivity index (χ4n) is 3.04. The van der Waals surface area contributed by atoms with E-state index in [1.54, 1.807) is 0 Å². The second kappa shape index (κ2) is 15.2. The van der Waals surface area contributed by atoms with E-state index in [2.05, 4.69) is 28.1 Å². The van der Waals surface area contributed by atoms with E-state index in [1.807, 2.05) is 0 Å². The highest BCUT2D eigenvalue weighted by atomic mass is 16.1. The molecule has 0 unspecified atom stereocenters. The third kappa shape index (κ3) is 19.6. The highest BCUT2D eigenvalue weighted by Crippen LogP contribution is 2.13. The molecule has 0 saturated carbocycles. The van der Waals surface area contributed by atoms with Gasteiger partial charge in [0.1, 0.15) is 5.78 Å². The van der Waals surface area contributed by atoms with Gasteiger partial charge >= 0.3 is 0 Å². The Hall–Kier alpha value is -0.370. The van der Waals surface area contributed by atoms with Crippen LogP contribution in [0.2, 0.25) is 0 Å². The van der Waals surface area contributed by atoms with Crippen LogP contribution in [0, 0.1) is 0 Å². The molecule has 0 heterocycles. The van der Waals surface area contributed by atoms with E-state index in [-0.39, 0.29) is 0 Å². The average Bonchev–Trinajstić information content (AvgIpc) is 2.47. The van der Waals surface area contributed by atoms with E-state index < -0.39 is 0 Å². The summed E-state index contributed by atoms with van der Waals surface area (Å²) >= 11 is 0. The molecule has 2 heteroatoms. The van der Waals surface area contributed by atoms with Crippen molar-refractivity contribution in [1.29, 1.82) is 0 Å². The minimum atomic E-state index is 0.477. The summed E-state index contributed by atoms with van der Waals surface area (Å²) < 4.78 is 0.964. The van der Waals surface area contributed by atoms with Crippen LogP contribution in [-0.2, 0) is 4.79 Å². The number of unbranched alkanes of at least 4 members (excludes halogenated alkanes) is 11. The van der Waals surface area contributed by atoms with Crippen molar-refractivity contribution in [3.63, 3.8) is 0 Å². The molecule has 0 rings (SSSR count). The van der Waals surface area contributed by atoms with Crippen molar-refractivity contribution < 1.29 is 9.28 Å². The minimum absolute atomic E-state index is 0.477. The molecule has 0 aromatic carbocycles. The van der Waals surface area contributed by atoms with Crippen molar-refractivity contribution in [2.24, 2.45) is 0 Å². The number of hydrogen-bond acceptors (Lipinski definition) is 1. The Kier molecular flexibility index (Phi) is 14.9. The quantitative estimate of drug-likeness (QED) is 0.232. The van der Waals surface area contributed by atoms with E-state index in [1.165, 1.54) is 70.6 Å². The van der Waals surface area contributed by atoms with E-state index in [9.17, 15) is 4.79 Å². The Morgan fingerprint density at radius 1 is 0.609 bits per heavy atom. The van der Waals surface area contributed by atoms with E-state index in [0.717, 1.165) is 36.7 Å². The zero-order valence-corrected chi connectivity index (χ0v) is 16.7. The second-order valence-corrected chi connectivity index (χ2v) is 8.30. The first-order chi connectivity index (χ1) is 11.0.